The largest absolute Gasteiger partial charge is 0.254 e. The summed E-state index contributed by atoms with van der Waals surface area (Å²) < 4.78 is 0. The highest BCUT2D eigenvalue weighted by atomic mass is 14.7. The fourth-order valence-electron chi connectivity index (χ4n) is 8.70. The van der Waals surface area contributed by atoms with Crippen molar-refractivity contribution in [3.63, 3.8) is 0 Å². The normalized spacial score (nSPS) is 13.7. The Labute approximate surface area is 271 Å². The van der Waals surface area contributed by atoms with Crippen LogP contribution in [-0.4, -0.2) is 9.97 Å². The fourth-order valence-corrected chi connectivity index (χ4v) is 8.70. The van der Waals surface area contributed by atoms with Crippen LogP contribution in [0.1, 0.15) is 22.3 Å². The Balaban J connectivity index is 1.21. The van der Waals surface area contributed by atoms with Gasteiger partial charge in [0.25, 0.3) is 0 Å². The van der Waals surface area contributed by atoms with Crippen LogP contribution in [0, 0.1) is 0 Å². The molecule has 47 heavy (non-hydrogen) atoms. The Kier molecular flexibility index (Phi) is 4.80. The number of nitrogens with zero attached hydrogens (tertiary/aromatic N) is 2. The highest BCUT2D eigenvalue weighted by Crippen LogP contribution is 2.64. The highest BCUT2D eigenvalue weighted by molar-refractivity contribution is 6.07. The smallest absolute Gasteiger partial charge is 0.0972 e. The third-order valence-corrected chi connectivity index (χ3v) is 10.7. The van der Waals surface area contributed by atoms with Crippen molar-refractivity contribution in [1.29, 1.82) is 0 Å². The van der Waals surface area contributed by atoms with Gasteiger partial charge in [0.15, 0.2) is 0 Å². The van der Waals surface area contributed by atoms with E-state index < -0.39 is 5.41 Å². The Hall–Kier alpha value is -6.12. The molecule has 11 rings (SSSR count). The Morgan fingerprint density at radius 1 is 0.404 bits per heavy atom. The van der Waals surface area contributed by atoms with E-state index in [2.05, 4.69) is 151 Å². The predicted octanol–water partition coefficient (Wildman–Crippen LogP) is 11.1. The van der Waals surface area contributed by atoms with E-state index in [0.717, 1.165) is 33.1 Å². The van der Waals surface area contributed by atoms with Crippen LogP contribution in [0.4, 0.5) is 0 Å². The molecule has 216 valence electrons. The lowest BCUT2D eigenvalue weighted by Crippen LogP contribution is -2.26. The van der Waals surface area contributed by atoms with Gasteiger partial charge in [-0.05, 0) is 96.4 Å². The third kappa shape index (κ3) is 3.19. The molecule has 0 radical (unpaired) electrons. The Bertz CT molecular complexity index is 2760. The van der Waals surface area contributed by atoms with Gasteiger partial charge in [0, 0.05) is 22.5 Å². The maximum atomic E-state index is 5.19. The molecule has 9 aromatic rings. The Morgan fingerprint density at radius 3 is 1.94 bits per heavy atom. The molecule has 2 aliphatic carbocycles. The second-order valence-corrected chi connectivity index (χ2v) is 12.9. The molecule has 2 nitrogen and oxygen atoms in total. The second kappa shape index (κ2) is 8.99. The molecular formula is C45H26N2. The van der Waals surface area contributed by atoms with Crippen molar-refractivity contribution in [3.8, 4) is 33.5 Å². The summed E-state index contributed by atoms with van der Waals surface area (Å²) in [5.74, 6) is 0. The lowest BCUT2D eigenvalue weighted by molar-refractivity contribution is 0.802. The predicted molar refractivity (Wildman–Crippen MR) is 194 cm³/mol. The van der Waals surface area contributed by atoms with Gasteiger partial charge >= 0.3 is 0 Å². The quantitative estimate of drug-likeness (QED) is 0.177. The van der Waals surface area contributed by atoms with E-state index in [4.69, 9.17) is 4.98 Å². The molecule has 2 heteroatoms. The zero-order valence-corrected chi connectivity index (χ0v) is 25.4. The van der Waals surface area contributed by atoms with E-state index in [0.29, 0.717) is 0 Å². The van der Waals surface area contributed by atoms with E-state index in [-0.39, 0.29) is 0 Å². The number of aromatic nitrogens is 2. The molecular weight excluding hydrogens is 569 g/mol. The number of hydrogen-bond donors (Lipinski definition) is 0. The maximum Gasteiger partial charge on any atom is 0.0972 e. The molecule has 1 spiro atoms. The zero-order valence-electron chi connectivity index (χ0n) is 25.4. The van der Waals surface area contributed by atoms with Crippen molar-refractivity contribution in [2.75, 3.05) is 0 Å². The summed E-state index contributed by atoms with van der Waals surface area (Å²) in [5, 5.41) is 7.25. The lowest BCUT2D eigenvalue weighted by atomic mass is 9.69. The Morgan fingerprint density at radius 2 is 1.09 bits per heavy atom. The monoisotopic (exact) mass is 594 g/mol. The van der Waals surface area contributed by atoms with Gasteiger partial charge in [0.1, 0.15) is 0 Å². The van der Waals surface area contributed by atoms with Crippen molar-refractivity contribution < 1.29 is 0 Å². The third-order valence-electron chi connectivity index (χ3n) is 10.7. The number of fused-ring (bicyclic) bond motifs is 16. The highest BCUT2D eigenvalue weighted by Gasteiger charge is 2.52. The summed E-state index contributed by atoms with van der Waals surface area (Å²) in [6.07, 6.45) is 1.85. The molecule has 0 saturated heterocycles. The number of rotatable bonds is 1. The first-order chi connectivity index (χ1) is 23.3. The van der Waals surface area contributed by atoms with Gasteiger partial charge in [-0.15, -0.1) is 0 Å². The summed E-state index contributed by atoms with van der Waals surface area (Å²) in [7, 11) is 0. The topological polar surface area (TPSA) is 25.8 Å². The average molecular weight is 595 g/mol. The number of benzene rings is 7. The first-order valence-electron chi connectivity index (χ1n) is 16.2. The SMILES string of the molecule is c1ccc2c(c1)-c1ccccc1C21c2cc3cc(-c4ccc5ccc6cccnc6c5n4)ccc3cc2-c2ccc3ccccc3c21. The van der Waals surface area contributed by atoms with Crippen LogP contribution < -0.4 is 0 Å². The summed E-state index contributed by atoms with van der Waals surface area (Å²) in [5.41, 5.74) is 14.3. The number of pyridine rings is 2. The van der Waals surface area contributed by atoms with E-state index in [1.165, 1.54) is 66.1 Å². The van der Waals surface area contributed by atoms with Gasteiger partial charge in [-0.3, -0.25) is 4.98 Å². The van der Waals surface area contributed by atoms with Crippen LogP contribution in [0.15, 0.2) is 158 Å². The molecule has 0 aliphatic heterocycles. The van der Waals surface area contributed by atoms with Crippen LogP contribution in [0.5, 0.6) is 0 Å². The molecule has 2 aliphatic rings. The van der Waals surface area contributed by atoms with Gasteiger partial charge in [-0.25, -0.2) is 4.98 Å². The molecule has 0 unspecified atom stereocenters. The van der Waals surface area contributed by atoms with Gasteiger partial charge < -0.3 is 0 Å². The zero-order chi connectivity index (χ0) is 30.7. The van der Waals surface area contributed by atoms with Crippen molar-refractivity contribution in [3.05, 3.63) is 180 Å². The molecule has 2 heterocycles. The molecule has 0 amide bonds. The second-order valence-electron chi connectivity index (χ2n) is 12.9. The lowest BCUT2D eigenvalue weighted by Gasteiger charge is -2.31. The van der Waals surface area contributed by atoms with Crippen molar-refractivity contribution in [2.24, 2.45) is 0 Å². The van der Waals surface area contributed by atoms with E-state index in [1.807, 2.05) is 12.3 Å². The number of hydrogen-bond acceptors (Lipinski definition) is 2. The summed E-state index contributed by atoms with van der Waals surface area (Å²) in [4.78, 5) is 9.88. The van der Waals surface area contributed by atoms with Crippen molar-refractivity contribution >= 4 is 43.4 Å². The molecule has 0 fully saturated rings. The standard InChI is InChI=1S/C45H26N2/c1-2-10-33-27(8-1)19-21-36-37-25-30-17-18-31(41-22-20-29-16-15-28-9-7-23-46-43(28)44(29)47-41)24-32(30)26-40(37)45(42(33)36)38-13-5-3-11-34(38)35-12-4-6-14-39(35)45/h1-26H. The maximum absolute atomic E-state index is 5.19. The summed E-state index contributed by atoms with van der Waals surface area (Å²) in [6.45, 7) is 0. The first kappa shape index (κ1) is 25.1. The van der Waals surface area contributed by atoms with Crippen LogP contribution >= 0.6 is 0 Å². The van der Waals surface area contributed by atoms with E-state index in [1.54, 1.807) is 0 Å². The molecule has 0 N–H and O–H groups in total. The minimum atomic E-state index is -0.408. The van der Waals surface area contributed by atoms with Gasteiger partial charge in [0.05, 0.1) is 22.1 Å². The molecule has 2 aromatic heterocycles. The molecule has 0 bridgehead atoms. The minimum absolute atomic E-state index is 0.408. The van der Waals surface area contributed by atoms with Crippen molar-refractivity contribution in [1.82, 2.24) is 9.97 Å². The van der Waals surface area contributed by atoms with Crippen LogP contribution in [0.25, 0.3) is 76.9 Å². The average Bonchev–Trinajstić information content (AvgIpc) is 3.60. The van der Waals surface area contributed by atoms with E-state index in [9.17, 15) is 0 Å². The molecule has 0 atom stereocenters. The van der Waals surface area contributed by atoms with Gasteiger partial charge in [-0.1, -0.05) is 121 Å². The van der Waals surface area contributed by atoms with Crippen LogP contribution in [-0.2, 0) is 5.41 Å². The van der Waals surface area contributed by atoms with Gasteiger partial charge in [-0.2, -0.15) is 0 Å². The minimum Gasteiger partial charge on any atom is -0.254 e. The summed E-state index contributed by atoms with van der Waals surface area (Å²) in [6, 6.07) is 56.0. The van der Waals surface area contributed by atoms with Crippen LogP contribution in [0.2, 0.25) is 0 Å². The molecule has 0 saturated carbocycles. The van der Waals surface area contributed by atoms with Crippen LogP contribution in [0.3, 0.4) is 0 Å². The van der Waals surface area contributed by atoms with Crippen molar-refractivity contribution in [2.45, 2.75) is 5.41 Å². The van der Waals surface area contributed by atoms with E-state index >= 15 is 0 Å². The summed E-state index contributed by atoms with van der Waals surface area (Å²) >= 11 is 0. The fraction of sp³-hybridized carbons (Fsp3) is 0.0222. The van der Waals surface area contributed by atoms with Gasteiger partial charge in [0.2, 0.25) is 0 Å². The molecule has 7 aromatic carbocycles. The first-order valence-corrected chi connectivity index (χ1v) is 16.2.